The molecule has 2 aromatic heterocycles. The first-order valence-electron chi connectivity index (χ1n) is 11.4. The molecule has 0 aliphatic carbocycles. The Bertz CT molecular complexity index is 1470. The lowest BCUT2D eigenvalue weighted by Crippen LogP contribution is -2.23. The largest absolute Gasteiger partial charge is 0.497 e. The second kappa shape index (κ2) is 10.9. The Labute approximate surface area is 213 Å². The zero-order valence-electron chi connectivity index (χ0n) is 19.6. The van der Waals surface area contributed by atoms with Gasteiger partial charge in [0.05, 0.1) is 24.6 Å². The van der Waals surface area contributed by atoms with Gasteiger partial charge in [0.15, 0.2) is 0 Å². The van der Waals surface area contributed by atoms with E-state index >= 15 is 0 Å². The van der Waals surface area contributed by atoms with E-state index in [-0.39, 0.29) is 5.91 Å². The van der Waals surface area contributed by atoms with Crippen molar-refractivity contribution in [2.45, 2.75) is 16.5 Å². The van der Waals surface area contributed by atoms with Gasteiger partial charge in [-0.1, -0.05) is 66.4 Å². The first-order valence-corrected chi connectivity index (χ1v) is 12.3. The highest BCUT2D eigenvalue weighted by Gasteiger charge is 2.13. The fraction of sp³-hybridized carbons (Fsp3) is 0.0690. The number of benzene rings is 3. The standard InChI is InChI=1S/C29H24N4O2S/c1-35-23-8-5-7-22(17-23)26-19-31-27(33-26)21-14-12-20(13-15-21)18-32-28(34)25-11-6-16-30-29(25)36-24-9-3-2-4-10-24/h2-17,19H,18H2,1H3,(H,31,33)(H,32,34). The molecule has 5 aromatic rings. The zero-order chi connectivity index (χ0) is 24.7. The van der Waals surface area contributed by atoms with E-state index in [0.29, 0.717) is 17.1 Å². The smallest absolute Gasteiger partial charge is 0.254 e. The maximum atomic E-state index is 12.9. The van der Waals surface area contributed by atoms with Crippen LogP contribution in [0.3, 0.4) is 0 Å². The number of aromatic amines is 1. The first-order chi connectivity index (χ1) is 17.7. The van der Waals surface area contributed by atoms with Crippen molar-refractivity contribution >= 4 is 17.7 Å². The molecule has 0 spiro atoms. The monoisotopic (exact) mass is 492 g/mol. The van der Waals surface area contributed by atoms with Crippen LogP contribution in [0.15, 0.2) is 113 Å². The number of H-pyrrole nitrogens is 1. The number of methoxy groups -OCH3 is 1. The SMILES string of the molecule is COc1cccc(-c2cnc(-c3ccc(CNC(=O)c4cccnc4Sc4ccccc4)cc3)[nH]2)c1. The number of amides is 1. The molecular formula is C29H24N4O2S. The number of carbonyl (C=O) groups excluding carboxylic acids is 1. The van der Waals surface area contributed by atoms with Gasteiger partial charge in [-0.3, -0.25) is 4.79 Å². The van der Waals surface area contributed by atoms with Crippen LogP contribution in [0.4, 0.5) is 0 Å². The molecule has 1 amide bonds. The molecule has 0 aliphatic heterocycles. The van der Waals surface area contributed by atoms with Gasteiger partial charge in [-0.2, -0.15) is 0 Å². The summed E-state index contributed by atoms with van der Waals surface area (Å²) in [4.78, 5) is 26.3. The predicted octanol–water partition coefficient (Wildman–Crippen LogP) is 6.23. The maximum Gasteiger partial charge on any atom is 0.254 e. The van der Waals surface area contributed by atoms with Crippen molar-refractivity contribution in [1.29, 1.82) is 0 Å². The highest BCUT2D eigenvalue weighted by atomic mass is 32.2. The zero-order valence-corrected chi connectivity index (χ0v) is 20.5. The second-order valence-electron chi connectivity index (χ2n) is 8.03. The molecule has 0 aliphatic rings. The van der Waals surface area contributed by atoms with Crippen LogP contribution in [0, 0.1) is 0 Å². The van der Waals surface area contributed by atoms with Gasteiger partial charge >= 0.3 is 0 Å². The molecule has 0 bridgehead atoms. The van der Waals surface area contributed by atoms with Crippen LogP contribution < -0.4 is 10.1 Å². The lowest BCUT2D eigenvalue weighted by atomic mass is 10.1. The molecule has 2 heterocycles. The number of rotatable bonds is 8. The van der Waals surface area contributed by atoms with Crippen molar-refractivity contribution in [2.24, 2.45) is 0 Å². The molecule has 0 fully saturated rings. The number of imidazole rings is 1. The van der Waals surface area contributed by atoms with Gasteiger partial charge in [-0.05, 0) is 42.0 Å². The van der Waals surface area contributed by atoms with Crippen LogP contribution >= 0.6 is 11.8 Å². The van der Waals surface area contributed by atoms with Crippen LogP contribution in [0.25, 0.3) is 22.6 Å². The fourth-order valence-electron chi connectivity index (χ4n) is 3.71. The molecule has 0 radical (unpaired) electrons. The van der Waals surface area contributed by atoms with E-state index < -0.39 is 0 Å². The van der Waals surface area contributed by atoms with Crippen molar-refractivity contribution < 1.29 is 9.53 Å². The lowest BCUT2D eigenvalue weighted by molar-refractivity contribution is 0.0947. The predicted molar refractivity (Wildman–Crippen MR) is 142 cm³/mol. The Morgan fingerprint density at radius 2 is 1.75 bits per heavy atom. The highest BCUT2D eigenvalue weighted by molar-refractivity contribution is 7.99. The number of carbonyl (C=O) groups is 1. The number of aromatic nitrogens is 3. The fourth-order valence-corrected chi connectivity index (χ4v) is 4.61. The van der Waals surface area contributed by atoms with Gasteiger partial charge in [0.1, 0.15) is 16.6 Å². The van der Waals surface area contributed by atoms with Gasteiger partial charge < -0.3 is 15.0 Å². The highest BCUT2D eigenvalue weighted by Crippen LogP contribution is 2.28. The van der Waals surface area contributed by atoms with E-state index in [2.05, 4.69) is 20.3 Å². The molecule has 3 aromatic carbocycles. The van der Waals surface area contributed by atoms with E-state index in [1.54, 1.807) is 25.4 Å². The van der Waals surface area contributed by atoms with Crippen LogP contribution in [-0.4, -0.2) is 28.0 Å². The summed E-state index contributed by atoms with van der Waals surface area (Å²) in [6, 6.07) is 29.3. The molecule has 0 saturated carbocycles. The van der Waals surface area contributed by atoms with Gasteiger partial charge in [0, 0.05) is 28.8 Å². The van der Waals surface area contributed by atoms with Crippen LogP contribution in [0.2, 0.25) is 0 Å². The number of hydrogen-bond donors (Lipinski definition) is 2. The molecule has 7 heteroatoms. The van der Waals surface area contributed by atoms with Crippen molar-refractivity contribution in [1.82, 2.24) is 20.3 Å². The first kappa shape index (κ1) is 23.4. The molecular weight excluding hydrogens is 468 g/mol. The van der Waals surface area contributed by atoms with Crippen LogP contribution in [0.5, 0.6) is 5.75 Å². The topological polar surface area (TPSA) is 79.9 Å². The Balaban J connectivity index is 1.24. The molecule has 36 heavy (non-hydrogen) atoms. The molecule has 0 unspecified atom stereocenters. The average molecular weight is 493 g/mol. The van der Waals surface area contributed by atoms with E-state index in [4.69, 9.17) is 4.74 Å². The van der Waals surface area contributed by atoms with Crippen molar-refractivity contribution in [3.05, 3.63) is 115 Å². The van der Waals surface area contributed by atoms with Gasteiger partial charge in [-0.15, -0.1) is 0 Å². The van der Waals surface area contributed by atoms with Gasteiger partial charge in [0.2, 0.25) is 0 Å². The summed E-state index contributed by atoms with van der Waals surface area (Å²) >= 11 is 1.48. The van der Waals surface area contributed by atoms with Crippen molar-refractivity contribution in [3.63, 3.8) is 0 Å². The number of ether oxygens (including phenoxy) is 1. The number of nitrogens with one attached hydrogen (secondary N) is 2. The number of pyridine rings is 1. The third-order valence-corrected chi connectivity index (χ3v) is 6.64. The van der Waals surface area contributed by atoms with Gasteiger partial charge in [0.25, 0.3) is 5.91 Å². The van der Waals surface area contributed by atoms with Crippen LogP contribution in [-0.2, 0) is 6.54 Å². The summed E-state index contributed by atoms with van der Waals surface area (Å²) in [6.07, 6.45) is 3.52. The normalized spacial score (nSPS) is 10.7. The molecule has 0 atom stereocenters. The Morgan fingerprint density at radius 1 is 0.917 bits per heavy atom. The Hall–Kier alpha value is -4.36. The van der Waals surface area contributed by atoms with E-state index in [1.165, 1.54) is 11.8 Å². The third kappa shape index (κ3) is 5.47. The molecule has 5 rings (SSSR count). The third-order valence-electron chi connectivity index (χ3n) is 5.61. The molecule has 6 nitrogen and oxygen atoms in total. The molecule has 178 valence electrons. The summed E-state index contributed by atoms with van der Waals surface area (Å²) in [5, 5.41) is 3.69. The second-order valence-corrected chi connectivity index (χ2v) is 9.09. The number of hydrogen-bond acceptors (Lipinski definition) is 5. The minimum atomic E-state index is -0.153. The van der Waals surface area contributed by atoms with Crippen molar-refractivity contribution in [3.8, 4) is 28.4 Å². The quantitative estimate of drug-likeness (QED) is 0.268. The number of nitrogens with zero attached hydrogens (tertiary/aromatic N) is 2. The summed E-state index contributed by atoms with van der Waals surface area (Å²) in [6.45, 7) is 0.413. The molecule has 0 saturated heterocycles. The maximum absolute atomic E-state index is 12.9. The van der Waals surface area contributed by atoms with E-state index in [1.807, 2.05) is 85.1 Å². The molecule has 2 N–H and O–H groups in total. The summed E-state index contributed by atoms with van der Waals surface area (Å²) in [7, 11) is 1.65. The van der Waals surface area contributed by atoms with E-state index in [9.17, 15) is 4.79 Å². The summed E-state index contributed by atoms with van der Waals surface area (Å²) < 4.78 is 5.31. The van der Waals surface area contributed by atoms with E-state index in [0.717, 1.165) is 38.9 Å². The average Bonchev–Trinajstić information content (AvgIpc) is 3.43. The van der Waals surface area contributed by atoms with Crippen molar-refractivity contribution in [2.75, 3.05) is 7.11 Å². The Morgan fingerprint density at radius 3 is 2.56 bits per heavy atom. The summed E-state index contributed by atoms with van der Waals surface area (Å²) in [5.74, 6) is 1.42. The van der Waals surface area contributed by atoms with Crippen LogP contribution in [0.1, 0.15) is 15.9 Å². The summed E-state index contributed by atoms with van der Waals surface area (Å²) in [5.41, 5.74) is 4.44. The van der Waals surface area contributed by atoms with Gasteiger partial charge in [-0.25, -0.2) is 9.97 Å². The lowest BCUT2D eigenvalue weighted by Gasteiger charge is -2.09. The minimum absolute atomic E-state index is 0.153. The minimum Gasteiger partial charge on any atom is -0.497 e. The Kier molecular flexibility index (Phi) is 7.10.